The minimum atomic E-state index is -4.87. The molecule has 0 amide bonds. The lowest BCUT2D eigenvalue weighted by Crippen LogP contribution is -2.19. The minimum Gasteiger partial charge on any atom is -0.481 e. The summed E-state index contributed by atoms with van der Waals surface area (Å²) in [5.74, 6) is -1.36. The molecule has 8 heteroatoms. The molecule has 0 radical (unpaired) electrons. The molecule has 0 aliphatic rings. The second kappa shape index (κ2) is 5.77. The highest BCUT2D eigenvalue weighted by atomic mass is 19.4. The number of halogens is 3. The molecule has 0 aliphatic carbocycles. The molecule has 0 fully saturated rings. The topological polar surface area (TPSA) is 57.7 Å². The Balaban J connectivity index is 3.25. The number of ether oxygens (including phenoxy) is 3. The Morgan fingerprint density at radius 3 is 2.47 bits per heavy atom. The number of rotatable bonds is 4. The normalized spacial score (nSPS) is 11.1. The molecular weight excluding hydrogens is 267 g/mol. The van der Waals surface area contributed by atoms with Gasteiger partial charge in [-0.25, -0.2) is 4.98 Å². The fourth-order valence-corrected chi connectivity index (χ4v) is 1.41. The standard InChI is InChI=1S/C11H12F3NO4/c1-6-4-8(19-11(12,13)14)7(5-9(16)17-2)10(15-6)18-3/h4H,5H2,1-3H3. The highest BCUT2D eigenvalue weighted by molar-refractivity contribution is 5.74. The van der Waals surface area contributed by atoms with E-state index in [9.17, 15) is 18.0 Å². The zero-order valence-corrected chi connectivity index (χ0v) is 10.5. The first-order valence-corrected chi connectivity index (χ1v) is 5.14. The summed E-state index contributed by atoms with van der Waals surface area (Å²) in [5.41, 5.74) is 0.155. The van der Waals surface area contributed by atoms with E-state index in [2.05, 4.69) is 14.5 Å². The molecule has 1 heterocycles. The fourth-order valence-electron chi connectivity index (χ4n) is 1.41. The lowest BCUT2D eigenvalue weighted by atomic mass is 10.1. The van der Waals surface area contributed by atoms with Crippen molar-refractivity contribution in [3.05, 3.63) is 17.3 Å². The lowest BCUT2D eigenvalue weighted by molar-refractivity contribution is -0.275. The van der Waals surface area contributed by atoms with Crippen molar-refractivity contribution in [2.45, 2.75) is 19.7 Å². The zero-order chi connectivity index (χ0) is 14.6. The smallest absolute Gasteiger partial charge is 0.481 e. The van der Waals surface area contributed by atoms with Gasteiger partial charge in [0.25, 0.3) is 0 Å². The quantitative estimate of drug-likeness (QED) is 0.789. The van der Waals surface area contributed by atoms with Crippen LogP contribution in [0.2, 0.25) is 0 Å². The second-order valence-corrected chi connectivity index (χ2v) is 3.55. The van der Waals surface area contributed by atoms with Crippen molar-refractivity contribution in [3.8, 4) is 11.6 Å². The monoisotopic (exact) mass is 279 g/mol. The van der Waals surface area contributed by atoms with Crippen LogP contribution in [0.5, 0.6) is 11.6 Å². The number of pyridine rings is 1. The van der Waals surface area contributed by atoms with Gasteiger partial charge in [-0.3, -0.25) is 4.79 Å². The van der Waals surface area contributed by atoms with Gasteiger partial charge in [-0.2, -0.15) is 0 Å². The Hall–Kier alpha value is -1.99. The predicted molar refractivity (Wildman–Crippen MR) is 57.9 cm³/mol. The van der Waals surface area contributed by atoms with Crippen LogP contribution in [0, 0.1) is 6.92 Å². The molecule has 0 spiro atoms. The zero-order valence-electron chi connectivity index (χ0n) is 10.5. The van der Waals surface area contributed by atoms with Gasteiger partial charge in [-0.15, -0.1) is 13.2 Å². The molecule has 0 saturated heterocycles. The predicted octanol–water partition coefficient (Wildman–Crippen LogP) is 2.01. The average molecular weight is 279 g/mol. The molecule has 0 atom stereocenters. The van der Waals surface area contributed by atoms with E-state index in [1.807, 2.05) is 0 Å². The molecule has 1 aromatic heterocycles. The summed E-state index contributed by atoms with van der Waals surface area (Å²) in [7, 11) is 2.36. The number of methoxy groups -OCH3 is 2. The van der Waals surface area contributed by atoms with E-state index in [1.54, 1.807) is 0 Å². The van der Waals surface area contributed by atoms with Crippen LogP contribution in [-0.2, 0) is 16.0 Å². The minimum absolute atomic E-state index is 0.107. The number of esters is 1. The number of carbonyl (C=O) groups excluding carboxylic acids is 1. The van der Waals surface area contributed by atoms with Crippen LogP contribution in [0.1, 0.15) is 11.3 Å². The summed E-state index contributed by atoms with van der Waals surface area (Å²) < 4.78 is 50.1. The summed E-state index contributed by atoms with van der Waals surface area (Å²) in [6.07, 6.45) is -5.30. The Kier molecular flexibility index (Phi) is 4.57. The third-order valence-electron chi connectivity index (χ3n) is 2.14. The third kappa shape index (κ3) is 4.31. The maximum atomic E-state index is 12.3. The largest absolute Gasteiger partial charge is 0.573 e. The number of aromatic nitrogens is 1. The molecule has 0 unspecified atom stereocenters. The summed E-state index contributed by atoms with van der Waals surface area (Å²) in [6.45, 7) is 1.48. The maximum absolute atomic E-state index is 12.3. The van der Waals surface area contributed by atoms with Gasteiger partial charge in [-0.1, -0.05) is 0 Å². The van der Waals surface area contributed by atoms with Gasteiger partial charge in [-0.05, 0) is 6.92 Å². The molecule has 0 aromatic carbocycles. The van der Waals surface area contributed by atoms with Crippen LogP contribution in [0.4, 0.5) is 13.2 Å². The summed E-state index contributed by atoms with van der Waals surface area (Å²) in [4.78, 5) is 15.1. The molecule has 106 valence electrons. The fraction of sp³-hybridized carbons (Fsp3) is 0.455. The summed E-state index contributed by atoms with van der Waals surface area (Å²) >= 11 is 0. The molecule has 0 aliphatic heterocycles. The van der Waals surface area contributed by atoms with Crippen LogP contribution in [0.15, 0.2) is 6.07 Å². The lowest BCUT2D eigenvalue weighted by Gasteiger charge is -2.15. The van der Waals surface area contributed by atoms with Crippen molar-refractivity contribution in [2.24, 2.45) is 0 Å². The number of nitrogens with zero attached hydrogens (tertiary/aromatic N) is 1. The Morgan fingerprint density at radius 2 is 2.00 bits per heavy atom. The van der Waals surface area contributed by atoms with Crippen molar-refractivity contribution in [1.29, 1.82) is 0 Å². The first-order chi connectivity index (χ1) is 8.76. The number of hydrogen-bond acceptors (Lipinski definition) is 5. The molecule has 0 bridgehead atoms. The van der Waals surface area contributed by atoms with Gasteiger partial charge in [0.15, 0.2) is 0 Å². The van der Waals surface area contributed by atoms with Gasteiger partial charge in [0, 0.05) is 11.8 Å². The molecule has 0 saturated carbocycles. The van der Waals surface area contributed by atoms with E-state index in [4.69, 9.17) is 4.74 Å². The highest BCUT2D eigenvalue weighted by Gasteiger charge is 2.33. The SMILES string of the molecule is COC(=O)Cc1c(OC(F)(F)F)cc(C)nc1OC. The first kappa shape index (κ1) is 15.1. The van der Waals surface area contributed by atoms with E-state index in [1.165, 1.54) is 14.0 Å². The van der Waals surface area contributed by atoms with Gasteiger partial charge in [0.1, 0.15) is 5.75 Å². The summed E-state index contributed by atoms with van der Waals surface area (Å²) in [6, 6.07) is 1.08. The van der Waals surface area contributed by atoms with Gasteiger partial charge in [0.05, 0.1) is 26.2 Å². The van der Waals surface area contributed by atoms with Gasteiger partial charge >= 0.3 is 12.3 Å². The van der Waals surface area contributed by atoms with E-state index >= 15 is 0 Å². The molecular formula is C11H12F3NO4. The molecule has 1 aromatic rings. The second-order valence-electron chi connectivity index (χ2n) is 3.55. The van der Waals surface area contributed by atoms with Crippen molar-refractivity contribution in [1.82, 2.24) is 4.98 Å². The van der Waals surface area contributed by atoms with Crippen molar-refractivity contribution in [3.63, 3.8) is 0 Å². The average Bonchev–Trinajstić information content (AvgIpc) is 2.29. The molecule has 19 heavy (non-hydrogen) atoms. The number of aryl methyl sites for hydroxylation is 1. The maximum Gasteiger partial charge on any atom is 0.573 e. The molecule has 0 N–H and O–H groups in total. The van der Waals surface area contributed by atoms with Crippen LogP contribution in [-0.4, -0.2) is 31.5 Å². The molecule has 1 rings (SSSR count). The van der Waals surface area contributed by atoms with Gasteiger partial charge < -0.3 is 14.2 Å². The number of carbonyl (C=O) groups is 1. The number of hydrogen-bond donors (Lipinski definition) is 0. The van der Waals surface area contributed by atoms with E-state index < -0.39 is 24.5 Å². The Bertz CT molecular complexity index is 474. The van der Waals surface area contributed by atoms with E-state index in [0.717, 1.165) is 13.2 Å². The Labute approximate surface area is 107 Å². The first-order valence-electron chi connectivity index (χ1n) is 5.14. The van der Waals surface area contributed by atoms with Gasteiger partial charge in [0.2, 0.25) is 5.88 Å². The molecule has 5 nitrogen and oxygen atoms in total. The van der Waals surface area contributed by atoms with Crippen molar-refractivity contribution < 1.29 is 32.2 Å². The van der Waals surface area contributed by atoms with E-state index in [0.29, 0.717) is 0 Å². The van der Waals surface area contributed by atoms with Crippen LogP contribution in [0.3, 0.4) is 0 Å². The number of alkyl halides is 3. The van der Waals surface area contributed by atoms with Crippen molar-refractivity contribution >= 4 is 5.97 Å². The van der Waals surface area contributed by atoms with E-state index in [-0.39, 0.29) is 17.1 Å². The highest BCUT2D eigenvalue weighted by Crippen LogP contribution is 2.32. The Morgan fingerprint density at radius 1 is 1.37 bits per heavy atom. The summed E-state index contributed by atoms with van der Waals surface area (Å²) in [5, 5.41) is 0. The van der Waals surface area contributed by atoms with Crippen molar-refractivity contribution in [2.75, 3.05) is 14.2 Å². The van der Waals surface area contributed by atoms with Crippen LogP contribution < -0.4 is 9.47 Å². The van der Waals surface area contributed by atoms with Crippen LogP contribution >= 0.6 is 0 Å². The van der Waals surface area contributed by atoms with Crippen LogP contribution in [0.25, 0.3) is 0 Å². The third-order valence-corrected chi connectivity index (χ3v) is 2.14.